The van der Waals surface area contributed by atoms with Gasteiger partial charge in [-0.1, -0.05) is 30.3 Å². The summed E-state index contributed by atoms with van der Waals surface area (Å²) >= 11 is 0. The molecule has 0 fully saturated rings. The van der Waals surface area contributed by atoms with Gasteiger partial charge in [-0.05, 0) is 12.5 Å². The Labute approximate surface area is 89.0 Å². The van der Waals surface area contributed by atoms with Crippen LogP contribution in [0.25, 0.3) is 0 Å². The molecule has 1 rings (SSSR count). The Hall–Kier alpha value is -0.950. The van der Waals surface area contributed by atoms with Crippen molar-refractivity contribution < 1.29 is 17.2 Å². The zero-order valence-electron chi connectivity index (χ0n) is 8.25. The molecule has 6 heteroatoms. The molecule has 1 aromatic carbocycles. The summed E-state index contributed by atoms with van der Waals surface area (Å²) in [4.78, 5) is 0. The molecule has 0 amide bonds. The van der Waals surface area contributed by atoms with Crippen LogP contribution in [0, 0.1) is 0 Å². The molecule has 5 nitrogen and oxygen atoms in total. The van der Waals surface area contributed by atoms with Crippen LogP contribution in [-0.4, -0.2) is 19.2 Å². The molecule has 0 saturated heterocycles. The van der Waals surface area contributed by atoms with Crippen molar-refractivity contribution in [2.45, 2.75) is 19.7 Å². The van der Waals surface area contributed by atoms with Crippen LogP contribution in [0.4, 0.5) is 0 Å². The first-order chi connectivity index (χ1) is 6.97. The van der Waals surface area contributed by atoms with E-state index in [9.17, 15) is 8.42 Å². The smallest absolute Gasteiger partial charge is 0.287 e. The molecule has 0 aromatic heterocycles. The van der Waals surface area contributed by atoms with Gasteiger partial charge >= 0.3 is 10.4 Å². The summed E-state index contributed by atoms with van der Waals surface area (Å²) in [5.74, 6) is 0. The van der Waals surface area contributed by atoms with Gasteiger partial charge in [0.05, 0.1) is 0 Å². The maximum atomic E-state index is 10.3. The zero-order chi connectivity index (χ0) is 11.3. The number of hydrogen-bond acceptors (Lipinski definition) is 4. The second kappa shape index (κ2) is 5.22. The SMILES string of the molecule is CC(NCc1ccccc1)OS(=O)(=O)O. The summed E-state index contributed by atoms with van der Waals surface area (Å²) in [6.07, 6.45) is -0.764. The summed E-state index contributed by atoms with van der Waals surface area (Å²) in [6.45, 7) is 1.97. The molecule has 0 aliphatic rings. The average molecular weight is 231 g/mol. The molecule has 1 atom stereocenters. The number of rotatable bonds is 5. The normalized spacial score (nSPS) is 13.7. The van der Waals surface area contributed by atoms with Crippen LogP contribution in [0.2, 0.25) is 0 Å². The number of hydrogen-bond donors (Lipinski definition) is 2. The molecule has 2 N–H and O–H groups in total. The van der Waals surface area contributed by atoms with Gasteiger partial charge in [-0.15, -0.1) is 0 Å². The van der Waals surface area contributed by atoms with Gasteiger partial charge in [-0.3, -0.25) is 9.87 Å². The van der Waals surface area contributed by atoms with Crippen molar-refractivity contribution in [3.63, 3.8) is 0 Å². The van der Waals surface area contributed by atoms with E-state index in [1.165, 1.54) is 6.92 Å². The van der Waals surface area contributed by atoms with E-state index in [4.69, 9.17) is 4.55 Å². The lowest BCUT2D eigenvalue weighted by molar-refractivity contribution is 0.164. The summed E-state index contributed by atoms with van der Waals surface area (Å²) in [6, 6.07) is 9.44. The van der Waals surface area contributed by atoms with E-state index in [0.29, 0.717) is 6.54 Å². The third-order valence-corrected chi connectivity index (χ3v) is 2.23. The molecule has 0 spiro atoms. The second-order valence-electron chi connectivity index (χ2n) is 3.03. The fraction of sp³-hybridized carbons (Fsp3) is 0.333. The summed E-state index contributed by atoms with van der Waals surface area (Å²) in [5.41, 5.74) is 1.00. The van der Waals surface area contributed by atoms with Gasteiger partial charge in [-0.25, -0.2) is 4.18 Å². The van der Waals surface area contributed by atoms with Crippen LogP contribution >= 0.6 is 0 Å². The van der Waals surface area contributed by atoms with E-state index in [2.05, 4.69) is 9.50 Å². The van der Waals surface area contributed by atoms with Gasteiger partial charge in [-0.2, -0.15) is 8.42 Å². The highest BCUT2D eigenvalue weighted by molar-refractivity contribution is 7.80. The first kappa shape index (κ1) is 12.1. The Morgan fingerprint density at radius 2 is 2.00 bits per heavy atom. The van der Waals surface area contributed by atoms with E-state index < -0.39 is 16.6 Å². The van der Waals surface area contributed by atoms with Gasteiger partial charge in [0.15, 0.2) is 0 Å². The van der Waals surface area contributed by atoms with Crippen molar-refractivity contribution >= 4 is 10.4 Å². The lowest BCUT2D eigenvalue weighted by Crippen LogP contribution is -2.30. The molecule has 0 aliphatic heterocycles. The molecule has 15 heavy (non-hydrogen) atoms. The maximum Gasteiger partial charge on any atom is 0.398 e. The third kappa shape index (κ3) is 5.48. The molecule has 1 aromatic rings. The largest absolute Gasteiger partial charge is 0.398 e. The van der Waals surface area contributed by atoms with Crippen molar-refractivity contribution in [3.05, 3.63) is 35.9 Å². The van der Waals surface area contributed by atoms with Crippen molar-refractivity contribution in [3.8, 4) is 0 Å². The minimum absolute atomic E-state index is 0.470. The molecule has 0 heterocycles. The van der Waals surface area contributed by atoms with Crippen molar-refractivity contribution in [2.24, 2.45) is 0 Å². The van der Waals surface area contributed by atoms with Crippen LogP contribution in [0.15, 0.2) is 30.3 Å². The zero-order valence-corrected chi connectivity index (χ0v) is 9.07. The fourth-order valence-electron chi connectivity index (χ4n) is 1.07. The van der Waals surface area contributed by atoms with Crippen molar-refractivity contribution in [1.29, 1.82) is 0 Å². The first-order valence-electron chi connectivity index (χ1n) is 4.40. The molecule has 84 valence electrons. The Kier molecular flexibility index (Phi) is 4.22. The molecule has 0 radical (unpaired) electrons. The molecule has 0 aliphatic carbocycles. The van der Waals surface area contributed by atoms with Gasteiger partial charge in [0.1, 0.15) is 6.23 Å². The van der Waals surface area contributed by atoms with Crippen LogP contribution in [0.3, 0.4) is 0 Å². The molecule has 0 bridgehead atoms. The van der Waals surface area contributed by atoms with Crippen LogP contribution in [0.1, 0.15) is 12.5 Å². The Balaban J connectivity index is 2.38. The van der Waals surface area contributed by atoms with E-state index in [1.54, 1.807) is 0 Å². The van der Waals surface area contributed by atoms with E-state index in [-0.39, 0.29) is 0 Å². The van der Waals surface area contributed by atoms with E-state index >= 15 is 0 Å². The predicted octanol–water partition coefficient (Wildman–Crippen LogP) is 0.942. The van der Waals surface area contributed by atoms with Crippen LogP contribution in [0.5, 0.6) is 0 Å². The minimum Gasteiger partial charge on any atom is -0.287 e. The number of nitrogens with one attached hydrogen (secondary N) is 1. The highest BCUT2D eigenvalue weighted by Gasteiger charge is 2.10. The first-order valence-corrected chi connectivity index (χ1v) is 5.77. The van der Waals surface area contributed by atoms with Crippen LogP contribution < -0.4 is 5.32 Å². The lowest BCUT2D eigenvalue weighted by atomic mass is 10.2. The molecule has 0 saturated carbocycles. The Bertz CT molecular complexity index is 390. The predicted molar refractivity (Wildman–Crippen MR) is 55.4 cm³/mol. The van der Waals surface area contributed by atoms with Gasteiger partial charge in [0.2, 0.25) is 0 Å². The summed E-state index contributed by atoms with van der Waals surface area (Å²) < 4.78 is 33.4. The quantitative estimate of drug-likeness (QED) is 0.582. The van der Waals surface area contributed by atoms with Gasteiger partial charge < -0.3 is 0 Å². The Morgan fingerprint density at radius 1 is 1.40 bits per heavy atom. The highest BCUT2D eigenvalue weighted by atomic mass is 32.3. The van der Waals surface area contributed by atoms with E-state index in [1.807, 2.05) is 30.3 Å². The monoisotopic (exact) mass is 231 g/mol. The molecular weight excluding hydrogens is 218 g/mol. The topological polar surface area (TPSA) is 75.6 Å². The fourth-order valence-corrected chi connectivity index (χ4v) is 1.51. The average Bonchev–Trinajstić information content (AvgIpc) is 2.14. The van der Waals surface area contributed by atoms with Crippen molar-refractivity contribution in [1.82, 2.24) is 5.32 Å². The van der Waals surface area contributed by atoms with Gasteiger partial charge in [0, 0.05) is 6.54 Å². The second-order valence-corrected chi connectivity index (χ2v) is 4.08. The molecule has 1 unspecified atom stereocenters. The maximum absolute atomic E-state index is 10.3. The minimum atomic E-state index is -4.39. The highest BCUT2D eigenvalue weighted by Crippen LogP contribution is 1.99. The van der Waals surface area contributed by atoms with Gasteiger partial charge in [0.25, 0.3) is 0 Å². The standard InChI is InChI=1S/C9H13NO4S/c1-8(14-15(11,12)13)10-7-9-5-3-2-4-6-9/h2-6,8,10H,7H2,1H3,(H,11,12,13). The van der Waals surface area contributed by atoms with Crippen LogP contribution in [-0.2, 0) is 21.1 Å². The molecular formula is C9H13NO4S. The Morgan fingerprint density at radius 3 is 2.53 bits per heavy atom. The number of benzene rings is 1. The third-order valence-electron chi connectivity index (χ3n) is 1.70. The van der Waals surface area contributed by atoms with Crippen molar-refractivity contribution in [2.75, 3.05) is 0 Å². The summed E-state index contributed by atoms with van der Waals surface area (Å²) in [7, 11) is -4.39. The van der Waals surface area contributed by atoms with E-state index in [0.717, 1.165) is 5.56 Å². The summed E-state index contributed by atoms with van der Waals surface area (Å²) in [5, 5.41) is 2.79. The lowest BCUT2D eigenvalue weighted by Gasteiger charge is -2.11.